The van der Waals surface area contributed by atoms with Crippen molar-refractivity contribution in [2.45, 2.75) is 12.8 Å². The van der Waals surface area contributed by atoms with Gasteiger partial charge in [-0.1, -0.05) is 12.2 Å². The molecule has 1 aliphatic heterocycles. The van der Waals surface area contributed by atoms with Crippen LogP contribution < -0.4 is 10.6 Å². The number of nitrogens with two attached hydrogens (primary N) is 1. The van der Waals surface area contributed by atoms with Gasteiger partial charge < -0.3 is 15.4 Å². The summed E-state index contributed by atoms with van der Waals surface area (Å²) in [7, 11) is 1.37. The van der Waals surface area contributed by atoms with Crippen LogP contribution in [0.1, 0.15) is 18.4 Å². The highest BCUT2D eigenvalue weighted by Crippen LogP contribution is 2.26. The van der Waals surface area contributed by atoms with Crippen LogP contribution in [0.15, 0.2) is 18.2 Å². The summed E-state index contributed by atoms with van der Waals surface area (Å²) in [5.74, 6) is -0.820. The molecule has 1 unspecified atom stereocenters. The Bertz CT molecular complexity index is 536. The second-order valence-electron chi connectivity index (χ2n) is 4.84. The average Bonchev–Trinajstić information content (AvgIpc) is 2.46. The molecule has 108 valence electrons. The van der Waals surface area contributed by atoms with Crippen molar-refractivity contribution in [1.82, 2.24) is 0 Å². The van der Waals surface area contributed by atoms with E-state index in [4.69, 9.17) is 22.7 Å². The van der Waals surface area contributed by atoms with E-state index in [1.54, 1.807) is 12.1 Å². The quantitative estimate of drug-likeness (QED) is 0.681. The highest BCUT2D eigenvalue weighted by Gasteiger charge is 2.27. The number of piperidine rings is 1. The lowest BCUT2D eigenvalue weighted by Crippen LogP contribution is -2.39. The Labute approximate surface area is 122 Å². The Morgan fingerprint density at radius 1 is 1.55 bits per heavy atom. The minimum Gasteiger partial charge on any atom is -0.469 e. The topological polar surface area (TPSA) is 55.6 Å². The van der Waals surface area contributed by atoms with Gasteiger partial charge >= 0.3 is 5.97 Å². The first-order valence-electron chi connectivity index (χ1n) is 6.45. The first kappa shape index (κ1) is 14.7. The SMILES string of the molecule is COC(=O)C1CCCN(c2ccc(C(N)=S)cc2F)C1. The number of ether oxygens (including phenoxy) is 1. The Morgan fingerprint density at radius 2 is 2.30 bits per heavy atom. The Balaban J connectivity index is 2.19. The molecule has 4 nitrogen and oxygen atoms in total. The van der Waals surface area contributed by atoms with Gasteiger partial charge in [-0.3, -0.25) is 4.79 Å². The van der Waals surface area contributed by atoms with Crippen molar-refractivity contribution in [2.24, 2.45) is 11.7 Å². The van der Waals surface area contributed by atoms with Gasteiger partial charge in [-0.05, 0) is 31.0 Å². The normalized spacial score (nSPS) is 18.7. The lowest BCUT2D eigenvalue weighted by molar-refractivity contribution is -0.145. The summed E-state index contributed by atoms with van der Waals surface area (Å²) < 4.78 is 18.9. The summed E-state index contributed by atoms with van der Waals surface area (Å²) >= 11 is 4.83. The van der Waals surface area contributed by atoms with E-state index < -0.39 is 0 Å². The molecule has 0 aliphatic carbocycles. The van der Waals surface area contributed by atoms with Crippen molar-refractivity contribution < 1.29 is 13.9 Å². The Hall–Kier alpha value is -1.69. The van der Waals surface area contributed by atoms with E-state index in [1.807, 2.05) is 4.90 Å². The number of carbonyl (C=O) groups excluding carboxylic acids is 1. The van der Waals surface area contributed by atoms with Crippen LogP contribution in [-0.2, 0) is 9.53 Å². The number of nitrogens with zero attached hydrogens (tertiary/aromatic N) is 1. The van der Waals surface area contributed by atoms with Crippen molar-refractivity contribution in [1.29, 1.82) is 0 Å². The van der Waals surface area contributed by atoms with Crippen LogP contribution in [0.2, 0.25) is 0 Å². The molecule has 0 bridgehead atoms. The van der Waals surface area contributed by atoms with Crippen molar-refractivity contribution in [2.75, 3.05) is 25.1 Å². The molecule has 0 amide bonds. The highest BCUT2D eigenvalue weighted by molar-refractivity contribution is 7.80. The van der Waals surface area contributed by atoms with Gasteiger partial charge in [0.1, 0.15) is 10.8 Å². The van der Waals surface area contributed by atoms with Crippen molar-refractivity contribution in [3.63, 3.8) is 0 Å². The minimum atomic E-state index is -0.374. The van der Waals surface area contributed by atoms with Gasteiger partial charge in [0.15, 0.2) is 0 Å². The maximum atomic E-state index is 14.1. The van der Waals surface area contributed by atoms with Crippen molar-refractivity contribution in [3.8, 4) is 0 Å². The van der Waals surface area contributed by atoms with Gasteiger partial charge in [0.25, 0.3) is 0 Å². The van der Waals surface area contributed by atoms with E-state index in [9.17, 15) is 9.18 Å². The van der Waals surface area contributed by atoms with Gasteiger partial charge in [-0.25, -0.2) is 4.39 Å². The third kappa shape index (κ3) is 3.07. The summed E-state index contributed by atoms with van der Waals surface area (Å²) in [5, 5.41) is 0. The number of rotatable bonds is 3. The summed E-state index contributed by atoms with van der Waals surface area (Å²) in [6.45, 7) is 1.19. The molecule has 2 N–H and O–H groups in total. The molecular formula is C14H17FN2O2S. The summed E-state index contributed by atoms with van der Waals surface area (Å²) in [5.41, 5.74) is 6.45. The minimum absolute atomic E-state index is 0.168. The molecule has 2 rings (SSSR count). The predicted octanol–water partition coefficient (Wildman–Crippen LogP) is 1.85. The third-order valence-electron chi connectivity index (χ3n) is 3.53. The second kappa shape index (κ2) is 6.17. The highest BCUT2D eigenvalue weighted by atomic mass is 32.1. The first-order valence-corrected chi connectivity index (χ1v) is 6.86. The van der Waals surface area contributed by atoms with E-state index in [2.05, 4.69) is 0 Å². The number of halogens is 1. The average molecular weight is 296 g/mol. The zero-order valence-corrected chi connectivity index (χ0v) is 12.1. The van der Waals surface area contributed by atoms with Crippen LogP contribution in [0.5, 0.6) is 0 Å². The summed E-state index contributed by atoms with van der Waals surface area (Å²) in [4.78, 5) is 13.6. The number of anilines is 1. The maximum absolute atomic E-state index is 14.1. The predicted molar refractivity (Wildman–Crippen MR) is 79.2 cm³/mol. The summed E-state index contributed by atoms with van der Waals surface area (Å²) in [6.07, 6.45) is 1.60. The molecule has 0 spiro atoms. The van der Waals surface area contributed by atoms with E-state index in [-0.39, 0.29) is 22.7 Å². The van der Waals surface area contributed by atoms with E-state index in [0.717, 1.165) is 19.4 Å². The lowest BCUT2D eigenvalue weighted by Gasteiger charge is -2.33. The van der Waals surface area contributed by atoms with Crippen LogP contribution in [0, 0.1) is 11.7 Å². The number of esters is 1. The largest absolute Gasteiger partial charge is 0.469 e. The number of methoxy groups -OCH3 is 1. The number of carbonyl (C=O) groups is 1. The van der Waals surface area contributed by atoms with E-state index in [1.165, 1.54) is 13.2 Å². The monoisotopic (exact) mass is 296 g/mol. The molecule has 0 aromatic heterocycles. The number of hydrogen-bond acceptors (Lipinski definition) is 4. The Kier molecular flexibility index (Phi) is 4.54. The van der Waals surface area contributed by atoms with Crippen molar-refractivity contribution in [3.05, 3.63) is 29.6 Å². The smallest absolute Gasteiger partial charge is 0.310 e. The zero-order chi connectivity index (χ0) is 14.7. The molecule has 0 radical (unpaired) electrons. The number of hydrogen-bond donors (Lipinski definition) is 1. The second-order valence-corrected chi connectivity index (χ2v) is 5.28. The fourth-order valence-corrected chi connectivity index (χ4v) is 2.60. The first-order chi connectivity index (χ1) is 9.52. The van der Waals surface area contributed by atoms with Crippen LogP contribution in [0.25, 0.3) is 0 Å². The van der Waals surface area contributed by atoms with Gasteiger partial charge in [0, 0.05) is 18.7 Å². The van der Waals surface area contributed by atoms with Crippen LogP contribution in [0.3, 0.4) is 0 Å². The molecule has 1 aromatic carbocycles. The van der Waals surface area contributed by atoms with Crippen LogP contribution >= 0.6 is 12.2 Å². The zero-order valence-electron chi connectivity index (χ0n) is 11.3. The molecule has 1 aromatic rings. The molecule has 1 aliphatic rings. The van der Waals surface area contributed by atoms with Gasteiger partial charge in [0.05, 0.1) is 18.7 Å². The third-order valence-corrected chi connectivity index (χ3v) is 3.76. The maximum Gasteiger partial charge on any atom is 0.310 e. The van der Waals surface area contributed by atoms with E-state index in [0.29, 0.717) is 17.8 Å². The molecule has 20 heavy (non-hydrogen) atoms. The van der Waals surface area contributed by atoms with E-state index >= 15 is 0 Å². The molecule has 1 heterocycles. The lowest BCUT2D eigenvalue weighted by atomic mass is 9.97. The van der Waals surface area contributed by atoms with Gasteiger partial charge in [-0.15, -0.1) is 0 Å². The fraction of sp³-hybridized carbons (Fsp3) is 0.429. The molecule has 6 heteroatoms. The standard InChI is InChI=1S/C14H17FN2O2S/c1-19-14(18)10-3-2-6-17(8-10)12-5-4-9(13(16)20)7-11(12)15/h4-5,7,10H,2-3,6,8H2,1H3,(H2,16,20). The molecule has 1 atom stereocenters. The van der Waals surface area contributed by atoms with Gasteiger partial charge in [0.2, 0.25) is 0 Å². The molecule has 1 saturated heterocycles. The molecular weight excluding hydrogens is 279 g/mol. The van der Waals surface area contributed by atoms with Crippen molar-refractivity contribution >= 4 is 28.9 Å². The Morgan fingerprint density at radius 3 is 2.90 bits per heavy atom. The summed E-state index contributed by atoms with van der Waals surface area (Å²) in [6, 6.07) is 4.69. The van der Waals surface area contributed by atoms with Crippen LogP contribution in [-0.4, -0.2) is 31.2 Å². The molecule has 0 saturated carbocycles. The number of benzene rings is 1. The van der Waals surface area contributed by atoms with Crippen LogP contribution in [0.4, 0.5) is 10.1 Å². The fourth-order valence-electron chi connectivity index (χ4n) is 2.47. The number of thiocarbonyl (C=S) groups is 1. The molecule has 1 fully saturated rings. The van der Waals surface area contributed by atoms with Gasteiger partial charge in [-0.2, -0.15) is 0 Å².